The third-order valence-electron chi connectivity index (χ3n) is 5.97. The highest BCUT2D eigenvalue weighted by atomic mass is 19.4. The van der Waals surface area contributed by atoms with Gasteiger partial charge in [0, 0.05) is 32.4 Å². The topological polar surface area (TPSA) is 65.1 Å². The lowest BCUT2D eigenvalue weighted by molar-refractivity contribution is -0.0963. The molecule has 1 unspecified atom stereocenters. The van der Waals surface area contributed by atoms with E-state index in [2.05, 4.69) is 40.8 Å². The summed E-state index contributed by atoms with van der Waals surface area (Å²) in [6.07, 6.45) is -2.11. The van der Waals surface area contributed by atoms with E-state index >= 15 is 0 Å². The van der Waals surface area contributed by atoms with Gasteiger partial charge < -0.3 is 20.9 Å². The average molecular weight is 483 g/mol. The molecule has 6 nitrogen and oxygen atoms in total. The Kier molecular flexibility index (Phi) is 6.86. The van der Waals surface area contributed by atoms with Crippen LogP contribution in [0.4, 0.5) is 24.7 Å². The molecule has 0 spiro atoms. The predicted molar refractivity (Wildman–Crippen MR) is 133 cm³/mol. The molecule has 2 aromatic carbocycles. The van der Waals surface area contributed by atoms with E-state index in [0.717, 1.165) is 28.6 Å². The molecule has 1 aliphatic rings. The number of nitrogens with one attached hydrogen (secondary N) is 3. The Labute approximate surface area is 203 Å². The van der Waals surface area contributed by atoms with E-state index in [9.17, 15) is 13.2 Å². The molecular weight excluding hydrogens is 453 g/mol. The van der Waals surface area contributed by atoms with Gasteiger partial charge in [-0.15, -0.1) is 0 Å². The Morgan fingerprint density at radius 2 is 1.80 bits per heavy atom. The number of anilines is 2. The van der Waals surface area contributed by atoms with Crippen LogP contribution in [-0.4, -0.2) is 35.1 Å². The molecule has 0 amide bonds. The van der Waals surface area contributed by atoms with Crippen molar-refractivity contribution in [2.75, 3.05) is 24.7 Å². The number of hydrogen-bond acceptors (Lipinski definition) is 6. The summed E-state index contributed by atoms with van der Waals surface area (Å²) in [5.74, 6) is 1.66. The van der Waals surface area contributed by atoms with Crippen molar-refractivity contribution in [3.05, 3.63) is 83.3 Å². The lowest BCUT2D eigenvalue weighted by Gasteiger charge is -2.22. The zero-order valence-electron chi connectivity index (χ0n) is 20.1. The first-order valence-corrected chi connectivity index (χ1v) is 11.4. The van der Waals surface area contributed by atoms with Gasteiger partial charge in [0.1, 0.15) is 11.9 Å². The standard InChI is InChI=1S/C26H29F3N6/c1-16(2)19-7-5-6-8-20(19)23-32-14-21(30-3)24(34-23)31-13-17-9-11-18(12-10-17)25-33-22(15-35(25)4)26(27,28)29/h5-12,14-16,25,30,33H,13H2,1-4H3,(H,31,32,34). The maximum Gasteiger partial charge on any atom is 0.432 e. The molecule has 0 aliphatic carbocycles. The molecule has 4 rings (SSSR count). The van der Waals surface area contributed by atoms with Crippen LogP contribution in [0.25, 0.3) is 11.4 Å². The van der Waals surface area contributed by atoms with Crippen molar-refractivity contribution >= 4 is 11.5 Å². The largest absolute Gasteiger partial charge is 0.432 e. The number of nitrogens with zero attached hydrogens (tertiary/aromatic N) is 3. The predicted octanol–water partition coefficient (Wildman–Crippen LogP) is 5.86. The molecule has 0 bridgehead atoms. The van der Waals surface area contributed by atoms with Crippen LogP contribution in [0.1, 0.15) is 42.6 Å². The Balaban J connectivity index is 1.49. The second-order valence-electron chi connectivity index (χ2n) is 8.80. The molecule has 1 aliphatic heterocycles. The number of halogens is 3. The van der Waals surface area contributed by atoms with E-state index in [1.165, 1.54) is 10.5 Å². The van der Waals surface area contributed by atoms with Crippen molar-refractivity contribution in [1.29, 1.82) is 0 Å². The summed E-state index contributed by atoms with van der Waals surface area (Å²) < 4.78 is 39.1. The summed E-state index contributed by atoms with van der Waals surface area (Å²) in [7, 11) is 3.43. The zero-order valence-corrected chi connectivity index (χ0v) is 20.1. The number of rotatable bonds is 7. The Morgan fingerprint density at radius 3 is 2.43 bits per heavy atom. The number of hydrogen-bond donors (Lipinski definition) is 3. The van der Waals surface area contributed by atoms with Crippen LogP contribution < -0.4 is 16.0 Å². The van der Waals surface area contributed by atoms with Crippen LogP contribution in [0.3, 0.4) is 0 Å². The van der Waals surface area contributed by atoms with Crippen LogP contribution in [-0.2, 0) is 6.54 Å². The fourth-order valence-corrected chi connectivity index (χ4v) is 4.08. The molecule has 0 fully saturated rings. The lowest BCUT2D eigenvalue weighted by atomic mass is 9.97. The fourth-order valence-electron chi connectivity index (χ4n) is 4.08. The van der Waals surface area contributed by atoms with Gasteiger partial charge in [-0.25, -0.2) is 9.97 Å². The second kappa shape index (κ2) is 9.85. The van der Waals surface area contributed by atoms with E-state index in [4.69, 9.17) is 4.98 Å². The first-order chi connectivity index (χ1) is 16.7. The average Bonchev–Trinajstić information content (AvgIpc) is 3.25. The van der Waals surface area contributed by atoms with E-state index in [1.807, 2.05) is 49.5 Å². The quantitative estimate of drug-likeness (QED) is 0.392. The molecule has 3 aromatic rings. The monoisotopic (exact) mass is 482 g/mol. The van der Waals surface area contributed by atoms with Gasteiger partial charge in [0.15, 0.2) is 11.6 Å². The van der Waals surface area contributed by atoms with E-state index in [1.54, 1.807) is 13.2 Å². The van der Waals surface area contributed by atoms with Crippen molar-refractivity contribution in [3.8, 4) is 11.4 Å². The van der Waals surface area contributed by atoms with Gasteiger partial charge in [0.25, 0.3) is 0 Å². The summed E-state index contributed by atoms with van der Waals surface area (Å²) in [6.45, 7) is 4.78. The molecule has 0 saturated carbocycles. The van der Waals surface area contributed by atoms with Gasteiger partial charge in [-0.3, -0.25) is 0 Å². The maximum absolute atomic E-state index is 13.0. The molecule has 1 atom stereocenters. The smallest absolute Gasteiger partial charge is 0.384 e. The number of alkyl halides is 3. The first kappa shape index (κ1) is 24.4. The van der Waals surface area contributed by atoms with Gasteiger partial charge in [0.2, 0.25) is 0 Å². The van der Waals surface area contributed by atoms with Gasteiger partial charge in [0.05, 0.1) is 11.9 Å². The van der Waals surface area contributed by atoms with Crippen LogP contribution in [0, 0.1) is 0 Å². The molecule has 2 heterocycles. The Bertz CT molecular complexity index is 1200. The molecule has 0 saturated heterocycles. The van der Waals surface area contributed by atoms with Gasteiger partial charge in [-0.1, -0.05) is 62.4 Å². The van der Waals surface area contributed by atoms with Gasteiger partial charge in [-0.2, -0.15) is 13.2 Å². The minimum absolute atomic E-state index is 0.338. The van der Waals surface area contributed by atoms with Crippen LogP contribution in [0.2, 0.25) is 0 Å². The van der Waals surface area contributed by atoms with Crippen LogP contribution in [0.5, 0.6) is 0 Å². The molecule has 9 heteroatoms. The minimum Gasteiger partial charge on any atom is -0.384 e. The maximum atomic E-state index is 13.0. The van der Waals surface area contributed by atoms with E-state index in [0.29, 0.717) is 24.1 Å². The Hall–Kier alpha value is -3.75. The fraction of sp³-hybridized carbons (Fsp3) is 0.308. The van der Waals surface area contributed by atoms with E-state index in [-0.39, 0.29) is 0 Å². The highest BCUT2D eigenvalue weighted by Gasteiger charge is 2.39. The number of allylic oxidation sites excluding steroid dienone is 1. The molecule has 35 heavy (non-hydrogen) atoms. The zero-order chi connectivity index (χ0) is 25.2. The molecular formula is C26H29F3N6. The van der Waals surface area contributed by atoms with Gasteiger partial charge in [-0.05, 0) is 22.6 Å². The van der Waals surface area contributed by atoms with Crippen molar-refractivity contribution < 1.29 is 13.2 Å². The summed E-state index contributed by atoms with van der Waals surface area (Å²) in [6, 6.07) is 15.6. The summed E-state index contributed by atoms with van der Waals surface area (Å²) in [5, 5.41) is 9.03. The lowest BCUT2D eigenvalue weighted by Crippen LogP contribution is -2.28. The van der Waals surface area contributed by atoms with Crippen molar-refractivity contribution in [2.45, 2.75) is 38.7 Å². The summed E-state index contributed by atoms with van der Waals surface area (Å²) in [4.78, 5) is 10.9. The highest BCUT2D eigenvalue weighted by molar-refractivity contribution is 5.69. The molecule has 3 N–H and O–H groups in total. The van der Waals surface area contributed by atoms with Crippen molar-refractivity contribution in [3.63, 3.8) is 0 Å². The molecule has 1 aromatic heterocycles. The third kappa shape index (κ3) is 5.34. The summed E-state index contributed by atoms with van der Waals surface area (Å²) >= 11 is 0. The number of aromatic nitrogens is 2. The van der Waals surface area contributed by atoms with Crippen LogP contribution in [0.15, 0.2) is 66.6 Å². The minimum atomic E-state index is -4.40. The number of benzene rings is 2. The molecule has 0 radical (unpaired) electrons. The van der Waals surface area contributed by atoms with Gasteiger partial charge >= 0.3 is 6.18 Å². The summed E-state index contributed by atoms with van der Waals surface area (Å²) in [5.41, 5.74) is 3.93. The normalized spacial score (nSPS) is 15.7. The van der Waals surface area contributed by atoms with Crippen LogP contribution >= 0.6 is 0 Å². The first-order valence-electron chi connectivity index (χ1n) is 11.4. The third-order valence-corrected chi connectivity index (χ3v) is 5.97. The van der Waals surface area contributed by atoms with E-state index < -0.39 is 18.0 Å². The van der Waals surface area contributed by atoms with Crippen molar-refractivity contribution in [1.82, 2.24) is 20.2 Å². The second-order valence-corrected chi connectivity index (χ2v) is 8.80. The molecule has 184 valence electrons. The van der Waals surface area contributed by atoms with Crippen molar-refractivity contribution in [2.24, 2.45) is 0 Å². The SMILES string of the molecule is CNc1cnc(-c2ccccc2C(C)C)nc1NCc1ccc(C2NC(C(F)(F)F)=CN2C)cc1. The Morgan fingerprint density at radius 1 is 1.09 bits per heavy atom. The highest BCUT2D eigenvalue weighted by Crippen LogP contribution is 2.33.